The van der Waals surface area contributed by atoms with E-state index in [4.69, 9.17) is 0 Å². The summed E-state index contributed by atoms with van der Waals surface area (Å²) < 4.78 is 0. The summed E-state index contributed by atoms with van der Waals surface area (Å²) in [5, 5.41) is 0. The van der Waals surface area contributed by atoms with Crippen LogP contribution in [-0.4, -0.2) is 68.1 Å². The minimum atomic E-state index is 0.0728. The molecule has 0 N–H and O–H groups in total. The summed E-state index contributed by atoms with van der Waals surface area (Å²) >= 11 is 0. The van der Waals surface area contributed by atoms with Gasteiger partial charge in [0, 0.05) is 6.54 Å². The molecule has 0 aromatic carbocycles. The van der Waals surface area contributed by atoms with Gasteiger partial charge in [-0.3, -0.25) is 14.7 Å². The third-order valence-electron chi connectivity index (χ3n) is 2.68. The van der Waals surface area contributed by atoms with Gasteiger partial charge in [-0.2, -0.15) is 0 Å². The molecule has 1 fully saturated rings. The van der Waals surface area contributed by atoms with E-state index >= 15 is 0 Å². The van der Waals surface area contributed by atoms with Crippen LogP contribution in [0.15, 0.2) is 0 Å². The summed E-state index contributed by atoms with van der Waals surface area (Å²) in [4.78, 5) is 17.2. The summed E-state index contributed by atoms with van der Waals surface area (Å²) in [5.74, 6) is 0. The molecule has 0 aliphatic carbocycles. The number of carbonyl (C=O) groups is 1. The van der Waals surface area contributed by atoms with Gasteiger partial charge >= 0.3 is 0 Å². The lowest BCUT2D eigenvalue weighted by Gasteiger charge is -2.46. The van der Waals surface area contributed by atoms with Gasteiger partial charge in [0.15, 0.2) is 0 Å². The second kappa shape index (κ2) is 4.17. The van der Waals surface area contributed by atoms with E-state index in [0.717, 1.165) is 19.3 Å². The first-order chi connectivity index (χ1) is 6.07. The molecule has 76 valence electrons. The lowest BCUT2D eigenvalue weighted by atomic mass is 10.1. The topological polar surface area (TPSA) is 26.8 Å². The zero-order valence-electron chi connectivity index (χ0n) is 8.90. The average molecular weight is 185 g/mol. The molecule has 4 heteroatoms. The van der Waals surface area contributed by atoms with E-state index < -0.39 is 0 Å². The van der Waals surface area contributed by atoms with Crippen molar-refractivity contribution in [2.75, 3.05) is 34.7 Å². The summed E-state index contributed by atoms with van der Waals surface area (Å²) in [7, 11) is 8.15. The van der Waals surface area contributed by atoms with Gasteiger partial charge in [0.05, 0.1) is 6.04 Å². The van der Waals surface area contributed by atoms with Crippen molar-refractivity contribution in [1.29, 1.82) is 0 Å². The Balaban J connectivity index is 2.71. The second-order valence-corrected chi connectivity index (χ2v) is 3.95. The molecule has 2 atom stereocenters. The molecule has 1 heterocycles. The molecular weight excluding hydrogens is 166 g/mol. The van der Waals surface area contributed by atoms with Crippen LogP contribution >= 0.6 is 0 Å². The maximum atomic E-state index is 10.8. The summed E-state index contributed by atoms with van der Waals surface area (Å²) in [6.07, 6.45) is 2.22. The Hall–Kier alpha value is -0.450. The zero-order valence-corrected chi connectivity index (χ0v) is 8.90. The molecule has 1 rings (SSSR count). The first kappa shape index (κ1) is 10.6. The fraction of sp³-hybridized carbons (Fsp3) is 0.889. The first-order valence-electron chi connectivity index (χ1n) is 4.62. The molecule has 4 nitrogen and oxygen atoms in total. The fourth-order valence-electron chi connectivity index (χ4n) is 2.06. The summed E-state index contributed by atoms with van der Waals surface area (Å²) in [6, 6.07) is 0.0728. The molecule has 13 heavy (non-hydrogen) atoms. The molecule has 0 aromatic heterocycles. The third-order valence-corrected chi connectivity index (χ3v) is 2.68. The van der Waals surface area contributed by atoms with E-state index in [1.807, 2.05) is 21.1 Å². The minimum absolute atomic E-state index is 0.0728. The summed E-state index contributed by atoms with van der Waals surface area (Å²) in [5.41, 5.74) is 0. The predicted octanol–water partition coefficient (Wildman–Crippen LogP) is -0.334. The van der Waals surface area contributed by atoms with Crippen LogP contribution in [0.4, 0.5) is 0 Å². The highest BCUT2D eigenvalue weighted by Crippen LogP contribution is 2.16. The number of carbonyl (C=O) groups excluding carboxylic acids is 1. The summed E-state index contributed by atoms with van der Waals surface area (Å²) in [6.45, 7) is 0.983. The lowest BCUT2D eigenvalue weighted by Crippen LogP contribution is -2.61. The molecule has 0 spiro atoms. The molecule has 1 aliphatic heterocycles. The van der Waals surface area contributed by atoms with E-state index in [2.05, 4.69) is 21.7 Å². The van der Waals surface area contributed by atoms with Gasteiger partial charge in [0.25, 0.3) is 0 Å². The molecule has 0 aromatic rings. The molecular formula is C9H19N3O. The monoisotopic (exact) mass is 185 g/mol. The molecule has 1 aliphatic rings. The smallest absolute Gasteiger partial charge is 0.137 e. The Morgan fingerprint density at radius 3 is 2.46 bits per heavy atom. The fourth-order valence-corrected chi connectivity index (χ4v) is 2.06. The second-order valence-electron chi connectivity index (χ2n) is 3.95. The Labute approximate surface area is 80.1 Å². The van der Waals surface area contributed by atoms with Crippen LogP contribution in [0, 0.1) is 0 Å². The standard InChI is InChI=1S/C9H19N3O/c1-10(2)9-11(3)6-5-8(7-13)12(9)4/h7-9H,5-6H2,1-4H3. The van der Waals surface area contributed by atoms with Gasteiger partial charge in [0.2, 0.25) is 0 Å². The van der Waals surface area contributed by atoms with E-state index in [0.29, 0.717) is 0 Å². The molecule has 0 bridgehead atoms. The quantitative estimate of drug-likeness (QED) is 0.550. The van der Waals surface area contributed by atoms with Crippen LogP contribution in [0.5, 0.6) is 0 Å². The Kier molecular flexibility index (Phi) is 3.41. The predicted molar refractivity (Wildman–Crippen MR) is 52.3 cm³/mol. The highest BCUT2D eigenvalue weighted by Gasteiger charge is 2.31. The van der Waals surface area contributed by atoms with Gasteiger partial charge < -0.3 is 4.79 Å². The van der Waals surface area contributed by atoms with Crippen LogP contribution in [0.1, 0.15) is 6.42 Å². The zero-order chi connectivity index (χ0) is 10.0. The average Bonchev–Trinajstić information content (AvgIpc) is 2.04. The van der Waals surface area contributed by atoms with E-state index in [-0.39, 0.29) is 12.3 Å². The van der Waals surface area contributed by atoms with Crippen molar-refractivity contribution < 1.29 is 4.79 Å². The highest BCUT2D eigenvalue weighted by atomic mass is 16.1. The Morgan fingerprint density at radius 2 is 2.00 bits per heavy atom. The van der Waals surface area contributed by atoms with Crippen LogP contribution in [0.25, 0.3) is 0 Å². The highest BCUT2D eigenvalue weighted by molar-refractivity contribution is 5.57. The largest absolute Gasteiger partial charge is 0.302 e. The van der Waals surface area contributed by atoms with Crippen molar-refractivity contribution in [2.24, 2.45) is 0 Å². The van der Waals surface area contributed by atoms with Crippen molar-refractivity contribution in [1.82, 2.24) is 14.7 Å². The number of nitrogens with zero attached hydrogens (tertiary/aromatic N) is 3. The van der Waals surface area contributed by atoms with Crippen molar-refractivity contribution in [3.63, 3.8) is 0 Å². The maximum Gasteiger partial charge on any atom is 0.137 e. The number of hydrogen-bond acceptors (Lipinski definition) is 4. The van der Waals surface area contributed by atoms with Crippen LogP contribution in [-0.2, 0) is 4.79 Å². The molecule has 2 unspecified atom stereocenters. The van der Waals surface area contributed by atoms with Crippen LogP contribution < -0.4 is 0 Å². The van der Waals surface area contributed by atoms with Crippen molar-refractivity contribution >= 4 is 6.29 Å². The molecule has 0 amide bonds. The van der Waals surface area contributed by atoms with E-state index in [9.17, 15) is 4.79 Å². The molecule has 1 saturated heterocycles. The number of hydrogen-bond donors (Lipinski definition) is 0. The number of likely N-dealkylation sites (N-methyl/N-ethyl adjacent to an activating group) is 1. The van der Waals surface area contributed by atoms with Gasteiger partial charge in [-0.15, -0.1) is 0 Å². The van der Waals surface area contributed by atoms with Gasteiger partial charge in [-0.05, 0) is 34.6 Å². The number of aldehydes is 1. The van der Waals surface area contributed by atoms with Crippen molar-refractivity contribution in [3.8, 4) is 0 Å². The Bertz CT molecular complexity index is 184. The van der Waals surface area contributed by atoms with Gasteiger partial charge in [0.1, 0.15) is 12.6 Å². The third kappa shape index (κ3) is 2.07. The normalized spacial score (nSPS) is 32.4. The molecule has 0 saturated carbocycles. The van der Waals surface area contributed by atoms with Gasteiger partial charge in [-0.25, -0.2) is 0 Å². The van der Waals surface area contributed by atoms with Crippen molar-refractivity contribution in [3.05, 3.63) is 0 Å². The SMILES string of the molecule is CN(C)C1N(C)CCC(C=O)N1C. The lowest BCUT2D eigenvalue weighted by molar-refractivity contribution is -0.124. The minimum Gasteiger partial charge on any atom is -0.302 e. The maximum absolute atomic E-state index is 10.8. The van der Waals surface area contributed by atoms with Crippen molar-refractivity contribution in [2.45, 2.75) is 18.8 Å². The van der Waals surface area contributed by atoms with Gasteiger partial charge in [-0.1, -0.05) is 0 Å². The Morgan fingerprint density at radius 1 is 1.38 bits per heavy atom. The number of rotatable bonds is 2. The van der Waals surface area contributed by atoms with E-state index in [1.54, 1.807) is 0 Å². The molecule has 0 radical (unpaired) electrons. The van der Waals surface area contributed by atoms with E-state index in [1.165, 1.54) is 0 Å². The van der Waals surface area contributed by atoms with Crippen LogP contribution in [0.3, 0.4) is 0 Å². The van der Waals surface area contributed by atoms with Crippen LogP contribution in [0.2, 0.25) is 0 Å². The first-order valence-corrected chi connectivity index (χ1v) is 4.62.